The van der Waals surface area contributed by atoms with Crippen molar-refractivity contribution in [1.29, 1.82) is 0 Å². The van der Waals surface area contributed by atoms with E-state index in [4.69, 9.17) is 26.8 Å². The maximum absolute atomic E-state index is 6.45. The number of nitrogens with two attached hydrogens (primary N) is 1. The molecule has 1 aromatic carbocycles. The van der Waals surface area contributed by atoms with E-state index >= 15 is 0 Å². The Morgan fingerprint density at radius 2 is 2.08 bits per heavy atom. The molecule has 3 rings (SSSR count). The molecule has 0 saturated carbocycles. The molecule has 1 aromatic heterocycles. The van der Waals surface area contributed by atoms with E-state index in [1.54, 1.807) is 6.20 Å². The number of benzene rings is 1. The van der Waals surface area contributed by atoms with Crippen molar-refractivity contribution in [2.45, 2.75) is 38.7 Å². The fourth-order valence-corrected chi connectivity index (χ4v) is 4.29. The van der Waals surface area contributed by atoms with E-state index in [1.165, 1.54) is 5.56 Å². The molecule has 1 unspecified atom stereocenters. The number of ether oxygens (including phenoxy) is 2. The topological polar surface area (TPSA) is 57.4 Å². The summed E-state index contributed by atoms with van der Waals surface area (Å²) in [4.78, 5) is 4.27. The summed E-state index contributed by atoms with van der Waals surface area (Å²) >= 11 is 9.91. The van der Waals surface area contributed by atoms with Gasteiger partial charge in [-0.15, -0.1) is 0 Å². The molecule has 0 bridgehead atoms. The van der Waals surface area contributed by atoms with Gasteiger partial charge in [0.1, 0.15) is 17.0 Å². The van der Waals surface area contributed by atoms with Gasteiger partial charge in [-0.25, -0.2) is 4.98 Å². The molecule has 1 atom stereocenters. The second-order valence-corrected chi connectivity index (χ2v) is 7.67. The number of halogens is 2. The van der Waals surface area contributed by atoms with Crippen LogP contribution >= 0.6 is 27.5 Å². The van der Waals surface area contributed by atoms with Crippen LogP contribution in [0.4, 0.5) is 5.69 Å². The number of hydrogen-bond donors (Lipinski definition) is 1. The van der Waals surface area contributed by atoms with E-state index in [0.29, 0.717) is 22.5 Å². The number of nitrogens with zero attached hydrogens (tertiary/aromatic N) is 1. The van der Waals surface area contributed by atoms with Gasteiger partial charge in [0.05, 0.1) is 5.69 Å². The SMILES string of the molecule is Cc1cc(Br)cc(N)c1OC(C)c1c(C2CCOCC2)ccnc1Cl. The molecule has 0 spiro atoms. The molecule has 2 heterocycles. The lowest BCUT2D eigenvalue weighted by Gasteiger charge is -2.27. The zero-order chi connectivity index (χ0) is 18.0. The van der Waals surface area contributed by atoms with Crippen LogP contribution < -0.4 is 10.5 Å². The van der Waals surface area contributed by atoms with Gasteiger partial charge in [0, 0.05) is 29.4 Å². The summed E-state index contributed by atoms with van der Waals surface area (Å²) in [7, 11) is 0. The molecule has 0 amide bonds. The number of pyridine rings is 1. The Morgan fingerprint density at radius 1 is 1.36 bits per heavy atom. The van der Waals surface area contributed by atoms with Crippen LogP contribution in [0, 0.1) is 6.92 Å². The first kappa shape index (κ1) is 18.5. The molecule has 1 aliphatic rings. The molecule has 1 fully saturated rings. The molecule has 6 heteroatoms. The van der Waals surface area contributed by atoms with E-state index in [-0.39, 0.29) is 6.10 Å². The number of aromatic nitrogens is 1. The lowest BCUT2D eigenvalue weighted by atomic mass is 9.88. The lowest BCUT2D eigenvalue weighted by molar-refractivity contribution is 0.0846. The van der Waals surface area contributed by atoms with Crippen LogP contribution in [0.15, 0.2) is 28.9 Å². The van der Waals surface area contributed by atoms with Crippen molar-refractivity contribution in [2.24, 2.45) is 0 Å². The van der Waals surface area contributed by atoms with Crippen molar-refractivity contribution in [3.63, 3.8) is 0 Å². The first-order chi connectivity index (χ1) is 12.0. The summed E-state index contributed by atoms with van der Waals surface area (Å²) in [5.74, 6) is 1.10. The second kappa shape index (κ2) is 7.94. The van der Waals surface area contributed by atoms with Gasteiger partial charge in [-0.3, -0.25) is 0 Å². The highest BCUT2D eigenvalue weighted by atomic mass is 79.9. The molecule has 2 N–H and O–H groups in total. The highest BCUT2D eigenvalue weighted by Crippen LogP contribution is 2.39. The summed E-state index contributed by atoms with van der Waals surface area (Å²) in [5.41, 5.74) is 9.87. The Morgan fingerprint density at radius 3 is 2.76 bits per heavy atom. The van der Waals surface area contributed by atoms with E-state index in [1.807, 2.05) is 26.0 Å². The van der Waals surface area contributed by atoms with Crippen molar-refractivity contribution in [3.05, 3.63) is 50.7 Å². The van der Waals surface area contributed by atoms with Crippen LogP contribution in [-0.2, 0) is 4.74 Å². The van der Waals surface area contributed by atoms with Crippen LogP contribution in [0.2, 0.25) is 5.15 Å². The average molecular weight is 426 g/mol. The average Bonchev–Trinajstić information content (AvgIpc) is 2.58. The molecular formula is C19H22BrClN2O2. The normalized spacial score (nSPS) is 16.6. The zero-order valence-corrected chi connectivity index (χ0v) is 16.7. The molecule has 1 aliphatic heterocycles. The van der Waals surface area contributed by atoms with Crippen LogP contribution in [0.3, 0.4) is 0 Å². The maximum Gasteiger partial charge on any atom is 0.146 e. The summed E-state index contributed by atoms with van der Waals surface area (Å²) < 4.78 is 12.7. The van der Waals surface area contributed by atoms with E-state index in [0.717, 1.165) is 41.7 Å². The molecule has 25 heavy (non-hydrogen) atoms. The van der Waals surface area contributed by atoms with Crippen molar-refractivity contribution in [2.75, 3.05) is 18.9 Å². The molecule has 0 aliphatic carbocycles. The Bertz CT molecular complexity index is 740. The Labute approximate surface area is 161 Å². The monoisotopic (exact) mass is 424 g/mol. The summed E-state index contributed by atoms with van der Waals surface area (Å²) in [6.45, 7) is 5.52. The smallest absolute Gasteiger partial charge is 0.146 e. The molecule has 1 saturated heterocycles. The Hall–Kier alpha value is -1.30. The maximum atomic E-state index is 6.45. The van der Waals surface area contributed by atoms with Gasteiger partial charge in [-0.1, -0.05) is 27.5 Å². The number of nitrogen functional groups attached to an aromatic ring is 1. The fraction of sp³-hybridized carbons (Fsp3) is 0.421. The summed E-state index contributed by atoms with van der Waals surface area (Å²) in [6.07, 6.45) is 3.49. The highest BCUT2D eigenvalue weighted by Gasteiger charge is 2.25. The third kappa shape index (κ3) is 4.10. The predicted octanol–water partition coefficient (Wildman–Crippen LogP) is 5.42. The standard InChI is InChI=1S/C19H22BrClN2O2/c1-11-9-14(20)10-16(22)18(11)25-12(2)17-15(3-6-23-19(17)21)13-4-7-24-8-5-13/h3,6,9-10,12-13H,4-5,7-8,22H2,1-2H3. The van der Waals surface area contributed by atoms with Gasteiger partial charge in [-0.05, 0) is 61.9 Å². The van der Waals surface area contributed by atoms with Gasteiger partial charge >= 0.3 is 0 Å². The molecule has 4 nitrogen and oxygen atoms in total. The summed E-state index contributed by atoms with van der Waals surface area (Å²) in [5, 5.41) is 0.491. The van der Waals surface area contributed by atoms with Gasteiger partial charge < -0.3 is 15.2 Å². The predicted molar refractivity (Wildman–Crippen MR) is 104 cm³/mol. The lowest BCUT2D eigenvalue weighted by Crippen LogP contribution is -2.18. The number of aryl methyl sites for hydroxylation is 1. The van der Waals surface area contributed by atoms with Crippen molar-refractivity contribution in [3.8, 4) is 5.75 Å². The van der Waals surface area contributed by atoms with E-state index in [2.05, 4.69) is 27.0 Å². The second-order valence-electron chi connectivity index (χ2n) is 6.39. The van der Waals surface area contributed by atoms with Crippen molar-refractivity contribution >= 4 is 33.2 Å². The van der Waals surface area contributed by atoms with E-state index < -0.39 is 0 Å². The minimum Gasteiger partial charge on any atom is -0.483 e. The quantitative estimate of drug-likeness (QED) is 0.525. The van der Waals surface area contributed by atoms with Crippen LogP contribution in [0.1, 0.15) is 48.5 Å². The molecule has 134 valence electrons. The minimum atomic E-state index is -0.249. The Kier molecular flexibility index (Phi) is 5.87. The number of hydrogen-bond acceptors (Lipinski definition) is 4. The van der Waals surface area contributed by atoms with Gasteiger partial charge in [0.2, 0.25) is 0 Å². The van der Waals surface area contributed by atoms with Crippen molar-refractivity contribution in [1.82, 2.24) is 4.98 Å². The van der Waals surface area contributed by atoms with Gasteiger partial charge in [0.15, 0.2) is 0 Å². The Balaban J connectivity index is 1.93. The first-order valence-corrected chi connectivity index (χ1v) is 9.58. The highest BCUT2D eigenvalue weighted by molar-refractivity contribution is 9.10. The first-order valence-electron chi connectivity index (χ1n) is 8.41. The minimum absolute atomic E-state index is 0.249. The third-order valence-corrected chi connectivity index (χ3v) is 5.36. The third-order valence-electron chi connectivity index (χ3n) is 4.61. The number of rotatable bonds is 4. The summed E-state index contributed by atoms with van der Waals surface area (Å²) in [6, 6.07) is 5.89. The zero-order valence-electron chi connectivity index (χ0n) is 14.4. The van der Waals surface area contributed by atoms with Crippen LogP contribution in [-0.4, -0.2) is 18.2 Å². The van der Waals surface area contributed by atoms with E-state index in [9.17, 15) is 0 Å². The van der Waals surface area contributed by atoms with Gasteiger partial charge in [-0.2, -0.15) is 0 Å². The van der Waals surface area contributed by atoms with Crippen LogP contribution in [0.5, 0.6) is 5.75 Å². The molecule has 2 aromatic rings. The largest absolute Gasteiger partial charge is 0.483 e. The molecule has 0 radical (unpaired) electrons. The van der Waals surface area contributed by atoms with Gasteiger partial charge in [0.25, 0.3) is 0 Å². The molecular weight excluding hydrogens is 404 g/mol. The fourth-order valence-electron chi connectivity index (χ4n) is 3.38. The van der Waals surface area contributed by atoms with Crippen molar-refractivity contribution < 1.29 is 9.47 Å². The number of anilines is 1. The van der Waals surface area contributed by atoms with Crippen LogP contribution in [0.25, 0.3) is 0 Å².